The van der Waals surface area contributed by atoms with Crippen LogP contribution in [0.15, 0.2) is 12.3 Å². The lowest BCUT2D eigenvalue weighted by Crippen LogP contribution is -2.35. The molecule has 0 spiro atoms. The Morgan fingerprint density at radius 2 is 2.35 bits per heavy atom. The number of carbonyl (C=O) groups is 1. The fourth-order valence-electron chi connectivity index (χ4n) is 1.49. The minimum Gasteiger partial charge on any atom is -0.396 e. The van der Waals surface area contributed by atoms with Crippen molar-refractivity contribution in [3.05, 3.63) is 28.5 Å². The third-order valence-corrected chi connectivity index (χ3v) is 2.85. The summed E-state index contributed by atoms with van der Waals surface area (Å²) in [7, 11) is 0. The number of halogens is 1. The number of aryl methyl sites for hydroxylation is 1. The largest absolute Gasteiger partial charge is 0.396 e. The van der Waals surface area contributed by atoms with Gasteiger partial charge in [0, 0.05) is 24.5 Å². The summed E-state index contributed by atoms with van der Waals surface area (Å²) in [4.78, 5) is 15.9. The van der Waals surface area contributed by atoms with Gasteiger partial charge in [0.2, 0.25) is 0 Å². The molecule has 1 aromatic heterocycles. The zero-order valence-electron chi connectivity index (χ0n) is 10.0. The van der Waals surface area contributed by atoms with E-state index < -0.39 is 0 Å². The Kier molecular flexibility index (Phi) is 5.38. The van der Waals surface area contributed by atoms with Crippen molar-refractivity contribution in [2.75, 3.05) is 6.61 Å². The molecule has 1 atom stereocenters. The molecule has 1 aromatic rings. The van der Waals surface area contributed by atoms with Gasteiger partial charge in [0.05, 0.1) is 10.6 Å². The molecule has 0 aliphatic heterocycles. The second kappa shape index (κ2) is 6.57. The van der Waals surface area contributed by atoms with E-state index in [-0.39, 0.29) is 18.6 Å². The van der Waals surface area contributed by atoms with Crippen LogP contribution in [0, 0.1) is 6.92 Å². The number of hydrogen-bond acceptors (Lipinski definition) is 3. The van der Waals surface area contributed by atoms with Crippen LogP contribution in [0.2, 0.25) is 5.02 Å². The molecular weight excluding hydrogens is 240 g/mol. The van der Waals surface area contributed by atoms with Gasteiger partial charge in [0.25, 0.3) is 5.91 Å². The van der Waals surface area contributed by atoms with Crippen molar-refractivity contribution in [1.82, 2.24) is 10.3 Å². The van der Waals surface area contributed by atoms with E-state index in [9.17, 15) is 4.79 Å². The van der Waals surface area contributed by atoms with E-state index in [1.54, 1.807) is 6.07 Å². The maximum absolute atomic E-state index is 11.9. The summed E-state index contributed by atoms with van der Waals surface area (Å²) in [6, 6.07) is 1.62. The number of aliphatic hydroxyl groups excluding tert-OH is 1. The Hall–Kier alpha value is -1.13. The number of nitrogens with zero attached hydrogens (tertiary/aromatic N) is 1. The normalized spacial score (nSPS) is 12.2. The molecule has 17 heavy (non-hydrogen) atoms. The first kappa shape index (κ1) is 13.9. The van der Waals surface area contributed by atoms with Crippen molar-refractivity contribution in [2.24, 2.45) is 0 Å². The highest BCUT2D eigenvalue weighted by Crippen LogP contribution is 2.15. The first-order valence-electron chi connectivity index (χ1n) is 5.62. The molecule has 0 bridgehead atoms. The molecule has 0 fully saturated rings. The molecule has 0 radical (unpaired) electrons. The predicted octanol–water partition coefficient (Wildman–Crippen LogP) is 1.93. The van der Waals surface area contributed by atoms with Gasteiger partial charge < -0.3 is 10.4 Å². The van der Waals surface area contributed by atoms with E-state index in [0.717, 1.165) is 12.1 Å². The van der Waals surface area contributed by atoms with Gasteiger partial charge >= 0.3 is 0 Å². The fraction of sp³-hybridized carbons (Fsp3) is 0.500. The topological polar surface area (TPSA) is 62.2 Å². The zero-order chi connectivity index (χ0) is 12.8. The lowest BCUT2D eigenvalue weighted by molar-refractivity contribution is 0.0929. The van der Waals surface area contributed by atoms with Crippen LogP contribution in [-0.4, -0.2) is 28.6 Å². The number of rotatable bonds is 5. The quantitative estimate of drug-likeness (QED) is 0.846. The van der Waals surface area contributed by atoms with Gasteiger partial charge in [-0.2, -0.15) is 0 Å². The second-order valence-electron chi connectivity index (χ2n) is 3.90. The summed E-state index contributed by atoms with van der Waals surface area (Å²) in [6.45, 7) is 3.82. The average Bonchev–Trinajstić information content (AvgIpc) is 2.28. The Balaban J connectivity index is 2.75. The van der Waals surface area contributed by atoms with Gasteiger partial charge in [-0.05, 0) is 25.8 Å². The number of aliphatic hydroxyl groups is 1. The zero-order valence-corrected chi connectivity index (χ0v) is 10.8. The molecule has 2 N–H and O–H groups in total. The van der Waals surface area contributed by atoms with E-state index in [4.69, 9.17) is 16.7 Å². The molecule has 1 heterocycles. The van der Waals surface area contributed by atoms with Crippen molar-refractivity contribution < 1.29 is 9.90 Å². The number of amides is 1. The minimum atomic E-state index is -0.247. The molecule has 0 aromatic carbocycles. The van der Waals surface area contributed by atoms with Gasteiger partial charge in [0.1, 0.15) is 0 Å². The van der Waals surface area contributed by atoms with Crippen molar-refractivity contribution in [1.29, 1.82) is 0 Å². The average molecular weight is 257 g/mol. The molecule has 1 rings (SSSR count). The van der Waals surface area contributed by atoms with Crippen LogP contribution >= 0.6 is 11.6 Å². The lowest BCUT2D eigenvalue weighted by Gasteiger charge is -2.16. The summed E-state index contributed by atoms with van der Waals surface area (Å²) in [5.74, 6) is -0.247. The third-order valence-electron chi connectivity index (χ3n) is 2.54. The van der Waals surface area contributed by atoms with Crippen LogP contribution in [0.25, 0.3) is 0 Å². The van der Waals surface area contributed by atoms with E-state index in [0.29, 0.717) is 17.0 Å². The van der Waals surface area contributed by atoms with Crippen molar-refractivity contribution in [3.8, 4) is 0 Å². The first-order valence-corrected chi connectivity index (χ1v) is 6.00. The maximum atomic E-state index is 11.9. The standard InChI is InChI=1S/C12H17ClN2O2/c1-3-9(4-5-16)15-12(17)10-7-14-8(2)6-11(10)13/h6-7,9,16H,3-5H2,1-2H3,(H,15,17). The number of aromatic nitrogens is 1. The van der Waals surface area contributed by atoms with Gasteiger partial charge in [-0.3, -0.25) is 9.78 Å². The van der Waals surface area contributed by atoms with Crippen LogP contribution in [0.5, 0.6) is 0 Å². The molecule has 1 amide bonds. The SMILES string of the molecule is CCC(CCO)NC(=O)c1cnc(C)cc1Cl. The summed E-state index contributed by atoms with van der Waals surface area (Å²) in [6.07, 6.45) is 2.78. The maximum Gasteiger partial charge on any atom is 0.254 e. The van der Waals surface area contributed by atoms with Crippen LogP contribution < -0.4 is 5.32 Å². The summed E-state index contributed by atoms with van der Waals surface area (Å²) in [5.41, 5.74) is 1.14. The number of carbonyl (C=O) groups excluding carboxylic acids is 1. The van der Waals surface area contributed by atoms with E-state index >= 15 is 0 Å². The van der Waals surface area contributed by atoms with E-state index in [2.05, 4.69) is 10.3 Å². The Morgan fingerprint density at radius 1 is 1.65 bits per heavy atom. The van der Waals surface area contributed by atoms with Gasteiger partial charge in [-0.1, -0.05) is 18.5 Å². The summed E-state index contributed by atoms with van der Waals surface area (Å²) in [5, 5.41) is 12.1. The van der Waals surface area contributed by atoms with Crippen LogP contribution in [0.3, 0.4) is 0 Å². The van der Waals surface area contributed by atoms with E-state index in [1.807, 2.05) is 13.8 Å². The van der Waals surface area contributed by atoms with Gasteiger partial charge in [0.15, 0.2) is 0 Å². The third kappa shape index (κ3) is 3.98. The van der Waals surface area contributed by atoms with Crippen LogP contribution in [0.1, 0.15) is 35.8 Å². The molecule has 5 heteroatoms. The molecule has 0 saturated carbocycles. The number of hydrogen-bond donors (Lipinski definition) is 2. The molecule has 4 nitrogen and oxygen atoms in total. The Morgan fingerprint density at radius 3 is 2.88 bits per heavy atom. The van der Waals surface area contributed by atoms with Crippen molar-refractivity contribution in [2.45, 2.75) is 32.7 Å². The molecule has 94 valence electrons. The summed E-state index contributed by atoms with van der Waals surface area (Å²) < 4.78 is 0. The smallest absolute Gasteiger partial charge is 0.254 e. The number of pyridine rings is 1. The molecule has 1 unspecified atom stereocenters. The Labute approximate surface area is 106 Å². The lowest BCUT2D eigenvalue weighted by atomic mass is 10.1. The van der Waals surface area contributed by atoms with Gasteiger partial charge in [-0.15, -0.1) is 0 Å². The molecule has 0 aliphatic carbocycles. The number of nitrogens with one attached hydrogen (secondary N) is 1. The fourth-order valence-corrected chi connectivity index (χ4v) is 1.78. The second-order valence-corrected chi connectivity index (χ2v) is 4.30. The highest BCUT2D eigenvalue weighted by Gasteiger charge is 2.14. The molecular formula is C12H17ClN2O2. The molecule has 0 saturated heterocycles. The first-order chi connectivity index (χ1) is 8.08. The monoisotopic (exact) mass is 256 g/mol. The molecule has 0 aliphatic rings. The highest BCUT2D eigenvalue weighted by molar-refractivity contribution is 6.33. The summed E-state index contributed by atoms with van der Waals surface area (Å²) >= 11 is 5.98. The van der Waals surface area contributed by atoms with Crippen LogP contribution in [0.4, 0.5) is 0 Å². The van der Waals surface area contributed by atoms with E-state index in [1.165, 1.54) is 6.20 Å². The minimum absolute atomic E-state index is 0.0372. The Bertz CT molecular complexity index is 396. The van der Waals surface area contributed by atoms with Gasteiger partial charge in [-0.25, -0.2) is 0 Å². The van der Waals surface area contributed by atoms with Crippen molar-refractivity contribution >= 4 is 17.5 Å². The van der Waals surface area contributed by atoms with Crippen LogP contribution in [-0.2, 0) is 0 Å². The predicted molar refractivity (Wildman–Crippen MR) is 67.2 cm³/mol. The highest BCUT2D eigenvalue weighted by atomic mass is 35.5. The van der Waals surface area contributed by atoms with Crippen molar-refractivity contribution in [3.63, 3.8) is 0 Å².